The van der Waals surface area contributed by atoms with Crippen molar-refractivity contribution in [2.75, 3.05) is 0 Å². The van der Waals surface area contributed by atoms with Gasteiger partial charge in [0.15, 0.2) is 0 Å². The summed E-state index contributed by atoms with van der Waals surface area (Å²) in [5.74, 6) is 0. The van der Waals surface area contributed by atoms with Crippen molar-refractivity contribution >= 4 is 22.6 Å². The van der Waals surface area contributed by atoms with E-state index >= 15 is 0 Å². The van der Waals surface area contributed by atoms with Gasteiger partial charge in [0.25, 0.3) is 6.43 Å². The molecule has 0 fully saturated rings. The second-order valence-electron chi connectivity index (χ2n) is 2.80. The smallest absolute Gasteiger partial charge is 0.390 e. The minimum Gasteiger partial charge on any atom is -0.390 e. The lowest BCUT2D eigenvalue weighted by Gasteiger charge is -2.16. The first-order valence-electron chi connectivity index (χ1n) is 3.92. The maximum Gasteiger partial charge on any atom is 0.418 e. The van der Waals surface area contributed by atoms with Crippen molar-refractivity contribution in [2.45, 2.75) is 19.2 Å². The largest absolute Gasteiger partial charge is 0.418 e. The summed E-state index contributed by atoms with van der Waals surface area (Å²) < 4.78 is 62.4. The van der Waals surface area contributed by atoms with Crippen molar-refractivity contribution in [3.05, 3.63) is 26.6 Å². The van der Waals surface area contributed by atoms with Crippen LogP contribution >= 0.6 is 22.6 Å². The molecule has 0 saturated heterocycles. The summed E-state index contributed by atoms with van der Waals surface area (Å²) in [5, 5.41) is 8.67. The highest BCUT2D eigenvalue weighted by molar-refractivity contribution is 14.1. The third-order valence-corrected chi connectivity index (χ3v) is 2.66. The van der Waals surface area contributed by atoms with Crippen molar-refractivity contribution < 1.29 is 27.1 Å². The molecule has 1 aromatic heterocycles. The Bertz CT molecular complexity index is 393. The summed E-state index contributed by atoms with van der Waals surface area (Å²) in [4.78, 5) is 3.30. The van der Waals surface area contributed by atoms with Gasteiger partial charge in [-0.15, -0.1) is 0 Å². The highest BCUT2D eigenvalue weighted by Gasteiger charge is 2.40. The molecule has 0 aliphatic rings. The molecule has 0 aliphatic heterocycles. The molecule has 16 heavy (non-hydrogen) atoms. The van der Waals surface area contributed by atoms with Gasteiger partial charge in [-0.25, -0.2) is 8.78 Å². The zero-order valence-electron chi connectivity index (χ0n) is 7.52. The van der Waals surface area contributed by atoms with E-state index in [-0.39, 0.29) is 3.57 Å². The van der Waals surface area contributed by atoms with Crippen LogP contribution in [0.5, 0.6) is 0 Å². The molecule has 0 aliphatic carbocycles. The lowest BCUT2D eigenvalue weighted by Crippen LogP contribution is -2.16. The number of hydrogen-bond donors (Lipinski definition) is 1. The van der Waals surface area contributed by atoms with Crippen LogP contribution in [-0.4, -0.2) is 10.1 Å². The number of aliphatic hydroxyl groups is 1. The van der Waals surface area contributed by atoms with E-state index in [0.29, 0.717) is 0 Å². The van der Waals surface area contributed by atoms with Crippen molar-refractivity contribution in [3.63, 3.8) is 0 Å². The Morgan fingerprint density at radius 3 is 2.31 bits per heavy atom. The van der Waals surface area contributed by atoms with E-state index in [1.54, 1.807) is 0 Å². The molecule has 0 bridgehead atoms. The first kappa shape index (κ1) is 13.6. The molecule has 1 heterocycles. The van der Waals surface area contributed by atoms with E-state index in [1.165, 1.54) is 22.6 Å². The Kier molecular flexibility index (Phi) is 4.05. The Morgan fingerprint density at radius 2 is 1.94 bits per heavy atom. The second kappa shape index (κ2) is 4.78. The van der Waals surface area contributed by atoms with Gasteiger partial charge in [-0.3, -0.25) is 4.98 Å². The number of aliphatic hydroxyl groups excluding tert-OH is 1. The molecule has 0 saturated carbocycles. The Morgan fingerprint density at radius 1 is 1.38 bits per heavy atom. The zero-order chi connectivity index (χ0) is 12.5. The van der Waals surface area contributed by atoms with E-state index in [0.717, 1.165) is 6.20 Å². The van der Waals surface area contributed by atoms with Crippen LogP contribution < -0.4 is 0 Å². The predicted molar refractivity (Wildman–Crippen MR) is 52.8 cm³/mol. The fraction of sp³-hybridized carbons (Fsp3) is 0.375. The van der Waals surface area contributed by atoms with E-state index in [1.807, 2.05) is 0 Å². The Hall–Kier alpha value is -0.510. The van der Waals surface area contributed by atoms with Crippen LogP contribution in [0.15, 0.2) is 6.20 Å². The number of nitrogens with zero attached hydrogens (tertiary/aromatic N) is 1. The number of hydrogen-bond acceptors (Lipinski definition) is 2. The van der Waals surface area contributed by atoms with Gasteiger partial charge in [0.05, 0.1) is 17.9 Å². The quantitative estimate of drug-likeness (QED) is 0.655. The van der Waals surface area contributed by atoms with Gasteiger partial charge in [-0.05, 0) is 22.6 Å². The first-order valence-corrected chi connectivity index (χ1v) is 5.00. The Labute approximate surface area is 101 Å². The van der Waals surface area contributed by atoms with Crippen LogP contribution in [0.4, 0.5) is 22.0 Å². The molecule has 0 unspecified atom stereocenters. The number of aromatic nitrogens is 1. The first-order chi connectivity index (χ1) is 7.29. The van der Waals surface area contributed by atoms with Crippen LogP contribution in [0.25, 0.3) is 0 Å². The average Bonchev–Trinajstić information content (AvgIpc) is 2.15. The molecule has 0 atom stereocenters. The highest BCUT2D eigenvalue weighted by atomic mass is 127. The minimum atomic E-state index is -4.96. The van der Waals surface area contributed by atoms with Crippen molar-refractivity contribution in [2.24, 2.45) is 0 Å². The summed E-state index contributed by atoms with van der Waals surface area (Å²) in [5.41, 5.74) is -3.47. The van der Waals surface area contributed by atoms with E-state index in [4.69, 9.17) is 5.11 Å². The number of pyridine rings is 1. The lowest BCUT2D eigenvalue weighted by molar-refractivity contribution is -0.141. The molecule has 0 radical (unpaired) electrons. The molecule has 1 N–H and O–H groups in total. The van der Waals surface area contributed by atoms with Crippen LogP contribution in [0.1, 0.15) is 23.2 Å². The highest BCUT2D eigenvalue weighted by Crippen LogP contribution is 2.39. The lowest BCUT2D eigenvalue weighted by atomic mass is 10.1. The molecule has 0 aromatic carbocycles. The van der Waals surface area contributed by atoms with E-state index < -0.39 is 36.0 Å². The van der Waals surface area contributed by atoms with Gasteiger partial charge < -0.3 is 5.11 Å². The standard InChI is InChI=1S/C8H5F5INO/c9-7(10)5-3(14)1-15-4(2-16)6(5)8(11,12)13/h1,7,16H,2H2. The van der Waals surface area contributed by atoms with E-state index in [9.17, 15) is 22.0 Å². The van der Waals surface area contributed by atoms with Crippen molar-refractivity contribution in [3.8, 4) is 0 Å². The van der Waals surface area contributed by atoms with Gasteiger partial charge >= 0.3 is 6.18 Å². The molecule has 8 heteroatoms. The normalized spacial score (nSPS) is 12.2. The van der Waals surface area contributed by atoms with Gasteiger partial charge in [0, 0.05) is 15.3 Å². The van der Waals surface area contributed by atoms with Crippen molar-refractivity contribution in [1.82, 2.24) is 4.98 Å². The molecule has 0 amide bonds. The minimum absolute atomic E-state index is 0.280. The number of rotatable bonds is 2. The Balaban J connectivity index is 3.56. The van der Waals surface area contributed by atoms with Crippen molar-refractivity contribution in [1.29, 1.82) is 0 Å². The molecule has 1 rings (SSSR count). The van der Waals surface area contributed by atoms with Crippen LogP contribution in [0.3, 0.4) is 0 Å². The van der Waals surface area contributed by atoms with Gasteiger partial charge in [0.1, 0.15) is 0 Å². The molecular formula is C8H5F5INO. The predicted octanol–water partition coefficient (Wildman–Crippen LogP) is 3.13. The second-order valence-corrected chi connectivity index (χ2v) is 3.96. The summed E-state index contributed by atoms with van der Waals surface area (Å²) in [6, 6.07) is 0. The molecule has 2 nitrogen and oxygen atoms in total. The summed E-state index contributed by atoms with van der Waals surface area (Å²) in [6.45, 7) is -1.04. The maximum absolute atomic E-state index is 12.5. The third-order valence-electron chi connectivity index (χ3n) is 1.80. The summed E-state index contributed by atoms with van der Waals surface area (Å²) in [7, 11) is 0. The molecule has 0 spiro atoms. The van der Waals surface area contributed by atoms with E-state index in [2.05, 4.69) is 4.98 Å². The number of alkyl halides is 5. The third kappa shape index (κ3) is 2.59. The molecule has 90 valence electrons. The zero-order valence-corrected chi connectivity index (χ0v) is 9.68. The fourth-order valence-corrected chi connectivity index (χ4v) is 1.84. The maximum atomic E-state index is 12.5. The fourth-order valence-electron chi connectivity index (χ4n) is 1.19. The van der Waals surface area contributed by atoms with Gasteiger partial charge in [-0.2, -0.15) is 13.2 Å². The van der Waals surface area contributed by atoms with Crippen LogP contribution in [0, 0.1) is 3.57 Å². The average molecular weight is 353 g/mol. The van der Waals surface area contributed by atoms with Gasteiger partial charge in [-0.1, -0.05) is 0 Å². The SMILES string of the molecule is OCc1ncc(I)c(C(F)F)c1C(F)(F)F. The van der Waals surface area contributed by atoms with Crippen LogP contribution in [0.2, 0.25) is 0 Å². The summed E-state index contributed by atoms with van der Waals surface area (Å²) >= 11 is 1.35. The monoisotopic (exact) mass is 353 g/mol. The molecule has 1 aromatic rings. The topological polar surface area (TPSA) is 33.1 Å². The number of halogens is 6. The van der Waals surface area contributed by atoms with Gasteiger partial charge in [0.2, 0.25) is 0 Å². The van der Waals surface area contributed by atoms with Crippen LogP contribution in [-0.2, 0) is 12.8 Å². The summed E-state index contributed by atoms with van der Waals surface area (Å²) in [6.07, 6.45) is -7.35. The molecular weight excluding hydrogens is 348 g/mol.